The fraction of sp³-hybridized carbons (Fsp3) is 0.692. The van der Waals surface area contributed by atoms with Crippen molar-refractivity contribution in [3.63, 3.8) is 0 Å². The van der Waals surface area contributed by atoms with Gasteiger partial charge in [0, 0.05) is 55.5 Å². The van der Waals surface area contributed by atoms with Gasteiger partial charge in [0.15, 0.2) is 5.65 Å². The third kappa shape index (κ3) is 5.87. The molecule has 0 atom stereocenters. The van der Waals surface area contributed by atoms with E-state index in [-0.39, 0.29) is 24.0 Å². The molecule has 2 aromatic rings. The van der Waals surface area contributed by atoms with E-state index < -0.39 is 5.60 Å². The van der Waals surface area contributed by atoms with Gasteiger partial charge in [-0.25, -0.2) is 9.78 Å². The van der Waals surface area contributed by atoms with Crippen LogP contribution in [0.4, 0.5) is 10.6 Å². The quantitative estimate of drug-likeness (QED) is 0.699. The predicted molar refractivity (Wildman–Crippen MR) is 136 cm³/mol. The number of aromatic nitrogens is 3. The number of ether oxygens (including phenoxy) is 1. The summed E-state index contributed by atoms with van der Waals surface area (Å²) in [6, 6.07) is 2.32. The lowest BCUT2D eigenvalue weighted by Gasteiger charge is -2.38. The number of nitrogens with one attached hydrogen (secondary N) is 1. The smallest absolute Gasteiger partial charge is 0.410 e. The number of likely N-dealkylation sites (tertiary alicyclic amines) is 2. The lowest BCUT2D eigenvalue weighted by atomic mass is 9.94. The maximum Gasteiger partial charge on any atom is 0.410 e. The summed E-state index contributed by atoms with van der Waals surface area (Å²) in [6.45, 7) is 14.6. The van der Waals surface area contributed by atoms with Gasteiger partial charge in [0.05, 0.1) is 6.20 Å². The highest BCUT2D eigenvalue weighted by atomic mass is 16.6. The van der Waals surface area contributed by atoms with Crippen LogP contribution in [0.25, 0.3) is 5.65 Å². The van der Waals surface area contributed by atoms with Crippen LogP contribution in [0, 0.1) is 12.8 Å². The van der Waals surface area contributed by atoms with Gasteiger partial charge in [-0.1, -0.05) is 13.8 Å². The van der Waals surface area contributed by atoms with Crippen molar-refractivity contribution < 1.29 is 14.3 Å². The molecule has 9 heteroatoms. The topological polar surface area (TPSA) is 92.1 Å². The van der Waals surface area contributed by atoms with Crippen LogP contribution in [0.5, 0.6) is 0 Å². The van der Waals surface area contributed by atoms with Gasteiger partial charge in [-0.2, -0.15) is 9.61 Å². The molecule has 0 radical (unpaired) electrons. The minimum absolute atomic E-state index is 0.0146. The molecule has 9 nitrogen and oxygen atoms in total. The Labute approximate surface area is 208 Å². The zero-order valence-electron chi connectivity index (χ0n) is 22.0. The molecule has 2 fully saturated rings. The van der Waals surface area contributed by atoms with Crippen molar-refractivity contribution in [3.05, 3.63) is 23.5 Å². The molecule has 2 amide bonds. The molecule has 2 aliphatic rings. The first-order valence-electron chi connectivity index (χ1n) is 12.9. The minimum Gasteiger partial charge on any atom is -0.444 e. The highest BCUT2D eigenvalue weighted by molar-refractivity contribution is 5.79. The summed E-state index contributed by atoms with van der Waals surface area (Å²) in [4.78, 5) is 33.9. The van der Waals surface area contributed by atoms with Gasteiger partial charge in [-0.15, -0.1) is 0 Å². The largest absolute Gasteiger partial charge is 0.444 e. The number of carbonyl (C=O) groups excluding carboxylic acids is 2. The van der Waals surface area contributed by atoms with Crippen molar-refractivity contribution in [3.8, 4) is 0 Å². The molecule has 35 heavy (non-hydrogen) atoms. The maximum atomic E-state index is 13.2. The van der Waals surface area contributed by atoms with E-state index in [4.69, 9.17) is 9.72 Å². The van der Waals surface area contributed by atoms with Gasteiger partial charge in [-0.05, 0) is 59.3 Å². The highest BCUT2D eigenvalue weighted by Gasteiger charge is 2.33. The maximum absolute atomic E-state index is 13.2. The van der Waals surface area contributed by atoms with Crippen LogP contribution in [0.3, 0.4) is 0 Å². The third-order valence-corrected chi connectivity index (χ3v) is 6.90. The highest BCUT2D eigenvalue weighted by Crippen LogP contribution is 2.26. The van der Waals surface area contributed by atoms with Crippen molar-refractivity contribution >= 4 is 23.5 Å². The number of rotatable bonds is 4. The molecule has 0 saturated carbocycles. The lowest BCUT2D eigenvalue weighted by molar-refractivity contribution is -0.138. The average Bonchev–Trinajstić information content (AvgIpc) is 3.22. The SMILES string of the molecule is Cc1cc(NC2CCN(C(=O)C3CCN(C(=O)OC(C)(C)C)CC3)CC2)n2ncc(C(C)C)c2n1. The average molecular weight is 485 g/mol. The molecule has 2 saturated heterocycles. The molecule has 4 rings (SSSR count). The number of fused-ring (bicyclic) bond motifs is 1. The summed E-state index contributed by atoms with van der Waals surface area (Å²) in [5.41, 5.74) is 2.52. The Kier molecular flexibility index (Phi) is 7.24. The number of carbonyl (C=O) groups is 2. The summed E-state index contributed by atoms with van der Waals surface area (Å²) in [5.74, 6) is 1.53. The van der Waals surface area contributed by atoms with E-state index >= 15 is 0 Å². The number of aryl methyl sites for hydroxylation is 1. The van der Waals surface area contributed by atoms with Crippen LogP contribution in [-0.2, 0) is 9.53 Å². The van der Waals surface area contributed by atoms with Gasteiger partial charge in [0.25, 0.3) is 0 Å². The lowest BCUT2D eigenvalue weighted by Crippen LogP contribution is -2.48. The molecule has 4 heterocycles. The Balaban J connectivity index is 1.30. The molecule has 0 bridgehead atoms. The number of piperidine rings is 2. The number of anilines is 1. The van der Waals surface area contributed by atoms with Crippen molar-refractivity contribution in [1.29, 1.82) is 0 Å². The van der Waals surface area contributed by atoms with Crippen LogP contribution < -0.4 is 5.32 Å². The molecule has 0 unspecified atom stereocenters. The van der Waals surface area contributed by atoms with E-state index in [0.29, 0.717) is 31.8 Å². The van der Waals surface area contributed by atoms with Gasteiger partial charge >= 0.3 is 6.09 Å². The number of hydrogen-bond acceptors (Lipinski definition) is 6. The molecule has 0 spiro atoms. The van der Waals surface area contributed by atoms with Crippen molar-refractivity contribution in [1.82, 2.24) is 24.4 Å². The Bertz CT molecular complexity index is 1060. The van der Waals surface area contributed by atoms with Crippen LogP contribution in [0.2, 0.25) is 0 Å². The van der Waals surface area contributed by atoms with Crippen molar-refractivity contribution in [2.24, 2.45) is 5.92 Å². The Morgan fingerprint density at radius 1 is 1.06 bits per heavy atom. The molecule has 1 N–H and O–H groups in total. The summed E-state index contributed by atoms with van der Waals surface area (Å²) >= 11 is 0. The molecular formula is C26H40N6O3. The van der Waals surface area contributed by atoms with Crippen LogP contribution in [0.15, 0.2) is 12.3 Å². The monoisotopic (exact) mass is 484 g/mol. The molecule has 2 aliphatic heterocycles. The van der Waals surface area contributed by atoms with Crippen molar-refractivity contribution in [2.75, 3.05) is 31.5 Å². The molecule has 0 aliphatic carbocycles. The second-order valence-corrected chi connectivity index (χ2v) is 11.3. The Hall–Kier alpha value is -2.84. The van der Waals surface area contributed by atoms with Gasteiger partial charge < -0.3 is 19.9 Å². The van der Waals surface area contributed by atoms with Crippen molar-refractivity contribution in [2.45, 2.75) is 84.8 Å². The zero-order valence-corrected chi connectivity index (χ0v) is 22.0. The van der Waals surface area contributed by atoms with Crippen LogP contribution in [0.1, 0.15) is 77.5 Å². The van der Waals surface area contributed by atoms with Gasteiger partial charge in [-0.3, -0.25) is 4.79 Å². The Morgan fingerprint density at radius 3 is 2.29 bits per heavy atom. The van der Waals surface area contributed by atoms with Crippen LogP contribution >= 0.6 is 0 Å². The molecule has 2 aromatic heterocycles. The standard InChI is InChI=1S/C26H40N6O3/c1-17(2)21-16-27-32-22(15-18(3)28-23(21)32)29-20-9-13-30(14-10-20)24(33)19-7-11-31(12-8-19)25(34)35-26(4,5)6/h15-17,19-20,29H,7-14H2,1-6H3. The summed E-state index contributed by atoms with van der Waals surface area (Å²) in [6.07, 6.45) is 4.80. The summed E-state index contributed by atoms with van der Waals surface area (Å²) in [5, 5.41) is 8.24. The summed E-state index contributed by atoms with van der Waals surface area (Å²) < 4.78 is 7.37. The Morgan fingerprint density at radius 2 is 1.69 bits per heavy atom. The minimum atomic E-state index is -0.503. The predicted octanol–water partition coefficient (Wildman–Crippen LogP) is 4.21. The first-order chi connectivity index (χ1) is 16.5. The zero-order chi connectivity index (χ0) is 25.3. The van der Waals surface area contributed by atoms with Gasteiger partial charge in [0.1, 0.15) is 11.4 Å². The third-order valence-electron chi connectivity index (χ3n) is 6.90. The first-order valence-corrected chi connectivity index (χ1v) is 12.9. The van der Waals surface area contributed by atoms with Gasteiger partial charge in [0.2, 0.25) is 5.91 Å². The summed E-state index contributed by atoms with van der Waals surface area (Å²) in [7, 11) is 0. The fourth-order valence-electron chi connectivity index (χ4n) is 4.96. The van der Waals surface area contributed by atoms with E-state index in [2.05, 4.69) is 24.3 Å². The molecule has 0 aromatic carbocycles. The fourth-order valence-corrected chi connectivity index (χ4v) is 4.96. The second kappa shape index (κ2) is 10.0. The second-order valence-electron chi connectivity index (χ2n) is 11.3. The number of hydrogen-bond donors (Lipinski definition) is 1. The normalized spacial score (nSPS) is 18.4. The van der Waals surface area contributed by atoms with E-state index in [0.717, 1.165) is 48.7 Å². The van der Waals surface area contributed by atoms with E-state index in [9.17, 15) is 9.59 Å². The van der Waals surface area contributed by atoms with Crippen LogP contribution in [-0.4, -0.2) is 74.2 Å². The first kappa shape index (κ1) is 25.3. The number of amides is 2. The molecular weight excluding hydrogens is 444 g/mol. The van der Waals surface area contributed by atoms with E-state index in [1.165, 1.54) is 0 Å². The molecule has 192 valence electrons. The number of nitrogens with zero attached hydrogens (tertiary/aromatic N) is 5. The van der Waals surface area contributed by atoms with E-state index in [1.54, 1.807) is 4.90 Å². The van der Waals surface area contributed by atoms with E-state index in [1.807, 2.05) is 49.4 Å².